The number of piperazine rings is 1. The summed E-state index contributed by atoms with van der Waals surface area (Å²) in [6.07, 6.45) is 1.88. The molecule has 25 heavy (non-hydrogen) atoms. The van der Waals surface area contributed by atoms with Crippen molar-refractivity contribution in [3.05, 3.63) is 48.2 Å². The average molecular weight is 336 g/mol. The van der Waals surface area contributed by atoms with Gasteiger partial charge in [-0.25, -0.2) is 9.97 Å². The van der Waals surface area contributed by atoms with Gasteiger partial charge in [-0.15, -0.1) is 0 Å². The summed E-state index contributed by atoms with van der Waals surface area (Å²) >= 11 is 0. The molecule has 0 saturated carbocycles. The maximum atomic E-state index is 4.69. The maximum Gasteiger partial charge on any atom is 0.203 e. The minimum absolute atomic E-state index is 0.715. The molecule has 0 bridgehead atoms. The third kappa shape index (κ3) is 3.17. The third-order valence-electron chi connectivity index (χ3n) is 4.89. The van der Waals surface area contributed by atoms with Gasteiger partial charge in [-0.3, -0.25) is 0 Å². The SMILES string of the molecule is CN1CCN(c2ncccc2CNc2nc3ccccc3n2C)CC1. The number of benzene rings is 1. The first-order chi connectivity index (χ1) is 12.2. The van der Waals surface area contributed by atoms with Crippen LogP contribution in [0.2, 0.25) is 0 Å². The molecule has 6 nitrogen and oxygen atoms in total. The van der Waals surface area contributed by atoms with Crippen LogP contribution in [0.1, 0.15) is 5.56 Å². The number of hydrogen-bond acceptors (Lipinski definition) is 5. The highest BCUT2D eigenvalue weighted by Gasteiger charge is 2.18. The lowest BCUT2D eigenvalue weighted by Gasteiger charge is -2.34. The lowest BCUT2D eigenvalue weighted by Crippen LogP contribution is -2.45. The maximum absolute atomic E-state index is 4.69. The van der Waals surface area contributed by atoms with Gasteiger partial charge in [0, 0.05) is 51.5 Å². The van der Waals surface area contributed by atoms with Crippen molar-refractivity contribution in [2.45, 2.75) is 6.54 Å². The number of nitrogens with one attached hydrogen (secondary N) is 1. The predicted octanol–water partition coefficient (Wildman–Crippen LogP) is 2.33. The van der Waals surface area contributed by atoms with Crippen molar-refractivity contribution in [1.82, 2.24) is 19.4 Å². The molecule has 3 aromatic rings. The monoisotopic (exact) mass is 336 g/mol. The van der Waals surface area contributed by atoms with Crippen LogP contribution in [-0.4, -0.2) is 52.7 Å². The molecule has 1 N–H and O–H groups in total. The number of para-hydroxylation sites is 2. The van der Waals surface area contributed by atoms with E-state index in [1.54, 1.807) is 0 Å². The van der Waals surface area contributed by atoms with Crippen molar-refractivity contribution in [2.24, 2.45) is 7.05 Å². The number of hydrogen-bond donors (Lipinski definition) is 1. The molecule has 2 aromatic heterocycles. The van der Waals surface area contributed by atoms with E-state index in [1.165, 1.54) is 5.56 Å². The van der Waals surface area contributed by atoms with Crippen LogP contribution in [0.3, 0.4) is 0 Å². The minimum atomic E-state index is 0.715. The number of aryl methyl sites for hydroxylation is 1. The van der Waals surface area contributed by atoms with E-state index in [1.807, 2.05) is 37.5 Å². The number of aromatic nitrogens is 3. The summed E-state index contributed by atoms with van der Waals surface area (Å²) in [6, 6.07) is 12.3. The molecule has 1 aliphatic heterocycles. The Kier molecular flexibility index (Phi) is 4.28. The number of likely N-dealkylation sites (N-methyl/N-ethyl adjacent to an activating group) is 1. The second kappa shape index (κ2) is 6.72. The first-order valence-electron chi connectivity index (χ1n) is 8.75. The van der Waals surface area contributed by atoms with Crippen LogP contribution in [0, 0.1) is 0 Å². The van der Waals surface area contributed by atoms with Crippen LogP contribution in [-0.2, 0) is 13.6 Å². The summed E-state index contributed by atoms with van der Waals surface area (Å²) in [6.45, 7) is 4.91. The average Bonchev–Trinajstić information content (AvgIpc) is 2.97. The molecule has 1 saturated heterocycles. The lowest BCUT2D eigenvalue weighted by atomic mass is 10.2. The molecule has 6 heteroatoms. The van der Waals surface area contributed by atoms with Crippen LogP contribution in [0.4, 0.5) is 11.8 Å². The predicted molar refractivity (Wildman–Crippen MR) is 102 cm³/mol. The van der Waals surface area contributed by atoms with Gasteiger partial charge in [0.05, 0.1) is 11.0 Å². The number of nitrogens with zero attached hydrogens (tertiary/aromatic N) is 5. The number of fused-ring (bicyclic) bond motifs is 1. The zero-order chi connectivity index (χ0) is 17.2. The van der Waals surface area contributed by atoms with Gasteiger partial charge in [-0.1, -0.05) is 18.2 Å². The van der Waals surface area contributed by atoms with E-state index in [0.717, 1.165) is 49.0 Å². The lowest BCUT2D eigenvalue weighted by molar-refractivity contribution is 0.312. The molecule has 1 aliphatic rings. The van der Waals surface area contributed by atoms with Crippen LogP contribution >= 0.6 is 0 Å². The van der Waals surface area contributed by atoms with E-state index in [0.29, 0.717) is 6.54 Å². The summed E-state index contributed by atoms with van der Waals surface area (Å²) in [4.78, 5) is 14.1. The van der Waals surface area contributed by atoms with Crippen LogP contribution in [0.25, 0.3) is 11.0 Å². The van der Waals surface area contributed by atoms with E-state index in [9.17, 15) is 0 Å². The number of imidazole rings is 1. The van der Waals surface area contributed by atoms with Gasteiger partial charge in [-0.05, 0) is 25.2 Å². The van der Waals surface area contributed by atoms with E-state index < -0.39 is 0 Å². The van der Waals surface area contributed by atoms with Crippen molar-refractivity contribution in [3.63, 3.8) is 0 Å². The van der Waals surface area contributed by atoms with Gasteiger partial charge in [0.2, 0.25) is 5.95 Å². The van der Waals surface area contributed by atoms with Crippen molar-refractivity contribution in [1.29, 1.82) is 0 Å². The molecule has 0 radical (unpaired) electrons. The van der Waals surface area contributed by atoms with Gasteiger partial charge in [-0.2, -0.15) is 0 Å². The normalized spacial score (nSPS) is 15.7. The molecule has 130 valence electrons. The fourth-order valence-corrected chi connectivity index (χ4v) is 3.35. The molecule has 0 spiro atoms. The molecule has 0 unspecified atom stereocenters. The summed E-state index contributed by atoms with van der Waals surface area (Å²) in [7, 11) is 4.21. The van der Waals surface area contributed by atoms with Crippen LogP contribution in [0.15, 0.2) is 42.6 Å². The van der Waals surface area contributed by atoms with Gasteiger partial charge >= 0.3 is 0 Å². The highest BCUT2D eigenvalue weighted by atomic mass is 15.3. The number of anilines is 2. The van der Waals surface area contributed by atoms with Crippen molar-refractivity contribution >= 4 is 22.8 Å². The molecule has 1 fully saturated rings. The van der Waals surface area contributed by atoms with E-state index >= 15 is 0 Å². The largest absolute Gasteiger partial charge is 0.354 e. The molecule has 3 heterocycles. The second-order valence-electron chi connectivity index (χ2n) is 6.61. The van der Waals surface area contributed by atoms with Gasteiger partial charge in [0.1, 0.15) is 5.82 Å². The quantitative estimate of drug-likeness (QED) is 0.792. The minimum Gasteiger partial charge on any atom is -0.354 e. The van der Waals surface area contributed by atoms with E-state index in [-0.39, 0.29) is 0 Å². The number of pyridine rings is 1. The molecule has 0 amide bonds. The van der Waals surface area contributed by atoms with E-state index in [2.05, 4.69) is 43.8 Å². The fraction of sp³-hybridized carbons (Fsp3) is 0.368. The molecule has 1 aromatic carbocycles. The van der Waals surface area contributed by atoms with Crippen molar-refractivity contribution in [3.8, 4) is 0 Å². The zero-order valence-corrected chi connectivity index (χ0v) is 14.8. The van der Waals surface area contributed by atoms with Crippen LogP contribution < -0.4 is 10.2 Å². The molecular formula is C19H24N6. The standard InChI is InChI=1S/C19H24N6/c1-23-10-12-25(13-11-23)18-15(6-5-9-20-18)14-21-19-22-16-7-3-4-8-17(16)24(19)2/h3-9H,10-14H2,1-2H3,(H,21,22). The first kappa shape index (κ1) is 15.9. The summed E-state index contributed by atoms with van der Waals surface area (Å²) in [5, 5.41) is 3.48. The summed E-state index contributed by atoms with van der Waals surface area (Å²) in [5.74, 6) is 1.97. The van der Waals surface area contributed by atoms with E-state index in [4.69, 9.17) is 4.98 Å². The highest BCUT2D eigenvalue weighted by molar-refractivity contribution is 5.78. The zero-order valence-electron chi connectivity index (χ0n) is 14.8. The third-order valence-corrected chi connectivity index (χ3v) is 4.89. The van der Waals surface area contributed by atoms with Crippen molar-refractivity contribution in [2.75, 3.05) is 43.4 Å². The Morgan fingerprint density at radius 2 is 1.80 bits per heavy atom. The molecular weight excluding hydrogens is 312 g/mol. The molecule has 4 rings (SSSR count). The first-order valence-corrected chi connectivity index (χ1v) is 8.75. The Morgan fingerprint density at radius 3 is 2.60 bits per heavy atom. The van der Waals surface area contributed by atoms with Gasteiger partial charge in [0.15, 0.2) is 0 Å². The van der Waals surface area contributed by atoms with Crippen LogP contribution in [0.5, 0.6) is 0 Å². The molecule has 0 aliphatic carbocycles. The smallest absolute Gasteiger partial charge is 0.203 e. The Balaban J connectivity index is 1.54. The Hall–Kier alpha value is -2.60. The Bertz CT molecular complexity index is 863. The Labute approximate surface area is 148 Å². The topological polar surface area (TPSA) is 49.2 Å². The second-order valence-corrected chi connectivity index (χ2v) is 6.61. The van der Waals surface area contributed by atoms with Gasteiger partial charge < -0.3 is 19.7 Å². The van der Waals surface area contributed by atoms with Crippen molar-refractivity contribution < 1.29 is 0 Å². The van der Waals surface area contributed by atoms with Gasteiger partial charge in [0.25, 0.3) is 0 Å². The highest BCUT2D eigenvalue weighted by Crippen LogP contribution is 2.22. The summed E-state index contributed by atoms with van der Waals surface area (Å²) < 4.78 is 2.10. The fourth-order valence-electron chi connectivity index (χ4n) is 3.35. The summed E-state index contributed by atoms with van der Waals surface area (Å²) in [5.41, 5.74) is 3.35. The molecule has 0 atom stereocenters. The Morgan fingerprint density at radius 1 is 1.00 bits per heavy atom. The number of rotatable bonds is 4.